The molecule has 1 aliphatic rings. The highest BCUT2D eigenvalue weighted by molar-refractivity contribution is 5.89. The van der Waals surface area contributed by atoms with Crippen LogP contribution in [-0.2, 0) is 28.7 Å². The Labute approximate surface area is 164 Å². The summed E-state index contributed by atoms with van der Waals surface area (Å²) in [6, 6.07) is 7.90. The molecule has 1 fully saturated rings. The van der Waals surface area contributed by atoms with Gasteiger partial charge >= 0.3 is 6.18 Å². The lowest BCUT2D eigenvalue weighted by Gasteiger charge is -2.17. The summed E-state index contributed by atoms with van der Waals surface area (Å²) in [5, 5.41) is 2.76. The van der Waals surface area contributed by atoms with Crippen molar-refractivity contribution in [3.63, 3.8) is 0 Å². The van der Waals surface area contributed by atoms with E-state index in [1.165, 1.54) is 23.1 Å². The van der Waals surface area contributed by atoms with Crippen LogP contribution in [0.1, 0.15) is 23.1 Å². The number of halogens is 3. The van der Waals surface area contributed by atoms with Crippen molar-refractivity contribution in [2.45, 2.75) is 25.6 Å². The van der Waals surface area contributed by atoms with Crippen LogP contribution >= 0.6 is 0 Å². The quantitative estimate of drug-likeness (QED) is 0.770. The Balaban J connectivity index is 1.52. The molecule has 0 spiro atoms. The van der Waals surface area contributed by atoms with Gasteiger partial charge in [0.05, 0.1) is 11.5 Å². The average molecular weight is 407 g/mol. The van der Waals surface area contributed by atoms with E-state index in [2.05, 4.69) is 10.3 Å². The third-order valence-electron chi connectivity index (χ3n) is 4.77. The Morgan fingerprint density at radius 3 is 2.66 bits per heavy atom. The molecule has 29 heavy (non-hydrogen) atoms. The molecule has 1 atom stereocenters. The predicted octanol–water partition coefficient (Wildman–Crippen LogP) is 2.10. The highest BCUT2D eigenvalue weighted by Crippen LogP contribution is 2.30. The number of carbonyl (C=O) groups is 2. The van der Waals surface area contributed by atoms with Crippen molar-refractivity contribution in [2.24, 2.45) is 5.92 Å². The van der Waals surface area contributed by atoms with E-state index in [4.69, 9.17) is 0 Å². The first-order valence-electron chi connectivity index (χ1n) is 9.11. The maximum absolute atomic E-state index is 12.8. The van der Waals surface area contributed by atoms with Gasteiger partial charge in [-0.05, 0) is 29.7 Å². The van der Waals surface area contributed by atoms with E-state index < -0.39 is 17.7 Å². The largest absolute Gasteiger partial charge is 0.416 e. The molecule has 6 nitrogen and oxygen atoms in total. The number of H-pyrrole nitrogens is 1. The molecule has 2 aromatic rings. The zero-order chi connectivity index (χ0) is 21.0. The Bertz CT molecular complexity index is 935. The van der Waals surface area contributed by atoms with E-state index >= 15 is 0 Å². The van der Waals surface area contributed by atoms with Gasteiger partial charge in [0.2, 0.25) is 17.4 Å². The summed E-state index contributed by atoms with van der Waals surface area (Å²) in [6.07, 6.45) is -2.32. The van der Waals surface area contributed by atoms with Gasteiger partial charge in [0.25, 0.3) is 0 Å². The van der Waals surface area contributed by atoms with Gasteiger partial charge in [0, 0.05) is 38.3 Å². The smallest absolute Gasteiger partial charge is 0.355 e. The number of benzene rings is 1. The highest BCUT2D eigenvalue weighted by atomic mass is 19.4. The number of carbonyl (C=O) groups excluding carboxylic acids is 2. The van der Waals surface area contributed by atoms with Gasteiger partial charge in [-0.1, -0.05) is 18.2 Å². The lowest BCUT2D eigenvalue weighted by molar-refractivity contribution is -0.137. The number of aromatic amines is 1. The van der Waals surface area contributed by atoms with Gasteiger partial charge < -0.3 is 15.2 Å². The number of aromatic nitrogens is 1. The first-order chi connectivity index (χ1) is 13.7. The van der Waals surface area contributed by atoms with Crippen molar-refractivity contribution in [1.29, 1.82) is 0 Å². The van der Waals surface area contributed by atoms with E-state index in [-0.39, 0.29) is 36.9 Å². The summed E-state index contributed by atoms with van der Waals surface area (Å²) in [6.45, 7) is 0.548. The maximum atomic E-state index is 12.8. The van der Waals surface area contributed by atoms with Crippen molar-refractivity contribution in [3.8, 4) is 0 Å². The normalized spacial score (nSPS) is 16.9. The molecule has 1 aromatic carbocycles. The van der Waals surface area contributed by atoms with Crippen LogP contribution in [0.5, 0.6) is 0 Å². The van der Waals surface area contributed by atoms with Crippen LogP contribution in [0.25, 0.3) is 0 Å². The molecule has 0 bridgehead atoms. The number of rotatable bonds is 6. The standard InChI is InChI=1S/C20H20F3N3O3/c21-20(22,23)16-3-1-2-14(8-16)11-26-12-15(9-18(26)28)19(29)24-7-6-13-4-5-17(27)25-10-13/h1-5,8,10,15H,6-7,9,11-12H2,(H,24,29)(H,25,27). The predicted molar refractivity (Wildman–Crippen MR) is 98.7 cm³/mol. The molecule has 3 rings (SSSR count). The minimum Gasteiger partial charge on any atom is -0.355 e. The van der Waals surface area contributed by atoms with E-state index in [1.54, 1.807) is 12.3 Å². The first-order valence-corrected chi connectivity index (χ1v) is 9.11. The van der Waals surface area contributed by atoms with Gasteiger partial charge in [-0.2, -0.15) is 13.2 Å². The molecule has 1 aliphatic heterocycles. The van der Waals surface area contributed by atoms with Crippen molar-refractivity contribution < 1.29 is 22.8 Å². The minimum absolute atomic E-state index is 0.0312. The van der Waals surface area contributed by atoms with Gasteiger partial charge in [0.1, 0.15) is 0 Å². The van der Waals surface area contributed by atoms with E-state index in [0.29, 0.717) is 18.5 Å². The van der Waals surface area contributed by atoms with E-state index in [0.717, 1.165) is 17.7 Å². The summed E-state index contributed by atoms with van der Waals surface area (Å²) in [7, 11) is 0. The van der Waals surface area contributed by atoms with Crippen molar-refractivity contribution >= 4 is 11.8 Å². The molecule has 2 heterocycles. The molecule has 0 aliphatic carbocycles. The van der Waals surface area contributed by atoms with Gasteiger partial charge in [-0.15, -0.1) is 0 Å². The van der Waals surface area contributed by atoms with Crippen LogP contribution in [0.15, 0.2) is 47.4 Å². The van der Waals surface area contributed by atoms with E-state index in [1.807, 2.05) is 0 Å². The first kappa shape index (κ1) is 20.6. The molecule has 1 aromatic heterocycles. The fourth-order valence-corrected chi connectivity index (χ4v) is 3.24. The SMILES string of the molecule is O=C(NCCc1ccc(=O)[nH]c1)C1CC(=O)N(Cc2cccc(C(F)(F)F)c2)C1. The molecule has 154 valence electrons. The zero-order valence-electron chi connectivity index (χ0n) is 15.5. The summed E-state index contributed by atoms with van der Waals surface area (Å²) in [5.41, 5.74) is 0.257. The molecule has 9 heteroatoms. The number of nitrogens with one attached hydrogen (secondary N) is 2. The third kappa shape index (κ3) is 5.46. The second-order valence-corrected chi connectivity index (χ2v) is 6.98. The second-order valence-electron chi connectivity index (χ2n) is 6.98. The summed E-state index contributed by atoms with van der Waals surface area (Å²) >= 11 is 0. The highest BCUT2D eigenvalue weighted by Gasteiger charge is 2.35. The van der Waals surface area contributed by atoms with Crippen molar-refractivity contribution in [2.75, 3.05) is 13.1 Å². The second kappa shape index (κ2) is 8.50. The van der Waals surface area contributed by atoms with Gasteiger partial charge in [-0.25, -0.2) is 0 Å². The topological polar surface area (TPSA) is 82.3 Å². The van der Waals surface area contributed by atoms with Crippen LogP contribution in [0.3, 0.4) is 0 Å². The summed E-state index contributed by atoms with van der Waals surface area (Å²) in [5.74, 6) is -1.07. The van der Waals surface area contributed by atoms with Crippen molar-refractivity contribution in [3.05, 3.63) is 69.6 Å². The monoisotopic (exact) mass is 407 g/mol. The molecular formula is C20H20F3N3O3. The van der Waals surface area contributed by atoms with Crippen LogP contribution in [0.2, 0.25) is 0 Å². The zero-order valence-corrected chi connectivity index (χ0v) is 15.5. The number of nitrogens with zero attached hydrogens (tertiary/aromatic N) is 1. The van der Waals surface area contributed by atoms with Crippen LogP contribution < -0.4 is 10.9 Å². The fraction of sp³-hybridized carbons (Fsp3) is 0.350. The number of pyridine rings is 1. The molecule has 1 saturated heterocycles. The Morgan fingerprint density at radius 1 is 1.17 bits per heavy atom. The fourth-order valence-electron chi connectivity index (χ4n) is 3.24. The lowest BCUT2D eigenvalue weighted by atomic mass is 10.1. The van der Waals surface area contributed by atoms with Crippen LogP contribution in [0.4, 0.5) is 13.2 Å². The summed E-state index contributed by atoms with van der Waals surface area (Å²) < 4.78 is 38.5. The molecule has 0 saturated carbocycles. The number of hydrogen-bond donors (Lipinski definition) is 2. The molecule has 1 unspecified atom stereocenters. The number of amides is 2. The molecule has 2 N–H and O–H groups in total. The maximum Gasteiger partial charge on any atom is 0.416 e. The van der Waals surface area contributed by atoms with Gasteiger partial charge in [-0.3, -0.25) is 14.4 Å². The van der Waals surface area contributed by atoms with Crippen molar-refractivity contribution in [1.82, 2.24) is 15.2 Å². The van der Waals surface area contributed by atoms with Crippen LogP contribution in [-0.4, -0.2) is 34.8 Å². The number of alkyl halides is 3. The number of hydrogen-bond acceptors (Lipinski definition) is 3. The Kier molecular flexibility index (Phi) is 6.05. The minimum atomic E-state index is -4.45. The average Bonchev–Trinajstić information content (AvgIpc) is 3.03. The molecule has 0 radical (unpaired) electrons. The molecule has 2 amide bonds. The lowest BCUT2D eigenvalue weighted by Crippen LogP contribution is -2.34. The number of likely N-dealkylation sites (tertiary alicyclic amines) is 1. The molecular weight excluding hydrogens is 387 g/mol. The van der Waals surface area contributed by atoms with Crippen LogP contribution in [0, 0.1) is 5.92 Å². The third-order valence-corrected chi connectivity index (χ3v) is 4.77. The van der Waals surface area contributed by atoms with E-state index in [9.17, 15) is 27.6 Å². The Morgan fingerprint density at radius 2 is 1.97 bits per heavy atom. The summed E-state index contributed by atoms with van der Waals surface area (Å²) in [4.78, 5) is 39.5. The Hall–Kier alpha value is -3.10. The van der Waals surface area contributed by atoms with Gasteiger partial charge in [0.15, 0.2) is 0 Å².